The summed E-state index contributed by atoms with van der Waals surface area (Å²) in [6.07, 6.45) is 0. The van der Waals surface area contributed by atoms with Crippen molar-refractivity contribution in [3.63, 3.8) is 0 Å². The van der Waals surface area contributed by atoms with Gasteiger partial charge in [0.1, 0.15) is 6.04 Å². The summed E-state index contributed by atoms with van der Waals surface area (Å²) in [6, 6.07) is 15.2. The van der Waals surface area contributed by atoms with Gasteiger partial charge < -0.3 is 15.4 Å². The SMILES string of the molecule is CC(C)c1ccc(NC(=O)COC(=O)[C@H](C)NC(=O)c2ccccc2)cc1. The van der Waals surface area contributed by atoms with Crippen LogP contribution in [0.2, 0.25) is 0 Å². The van der Waals surface area contributed by atoms with E-state index in [-0.39, 0.29) is 5.91 Å². The summed E-state index contributed by atoms with van der Waals surface area (Å²) >= 11 is 0. The number of anilines is 1. The van der Waals surface area contributed by atoms with Crippen LogP contribution in [-0.4, -0.2) is 30.4 Å². The van der Waals surface area contributed by atoms with Gasteiger partial charge in [0.15, 0.2) is 6.61 Å². The molecule has 0 aliphatic rings. The van der Waals surface area contributed by atoms with E-state index in [0.717, 1.165) is 0 Å². The monoisotopic (exact) mass is 368 g/mol. The minimum absolute atomic E-state index is 0.380. The number of hydrogen-bond donors (Lipinski definition) is 2. The molecule has 0 unspecified atom stereocenters. The molecule has 2 aromatic rings. The van der Waals surface area contributed by atoms with E-state index in [1.165, 1.54) is 12.5 Å². The lowest BCUT2D eigenvalue weighted by Gasteiger charge is -2.13. The third-order valence-corrected chi connectivity index (χ3v) is 3.94. The number of carbonyl (C=O) groups is 3. The molecule has 0 spiro atoms. The van der Waals surface area contributed by atoms with Crippen LogP contribution in [0.15, 0.2) is 54.6 Å². The van der Waals surface area contributed by atoms with Gasteiger partial charge >= 0.3 is 5.97 Å². The molecule has 27 heavy (non-hydrogen) atoms. The van der Waals surface area contributed by atoms with Crippen LogP contribution in [0.5, 0.6) is 0 Å². The predicted octanol–water partition coefficient (Wildman–Crippen LogP) is 3.11. The van der Waals surface area contributed by atoms with Crippen molar-refractivity contribution in [2.24, 2.45) is 0 Å². The largest absolute Gasteiger partial charge is 0.454 e. The van der Waals surface area contributed by atoms with Crippen molar-refractivity contribution in [3.8, 4) is 0 Å². The molecule has 2 rings (SSSR count). The minimum Gasteiger partial charge on any atom is -0.454 e. The number of hydrogen-bond acceptors (Lipinski definition) is 4. The maximum absolute atomic E-state index is 12.0. The predicted molar refractivity (Wildman–Crippen MR) is 103 cm³/mol. The van der Waals surface area contributed by atoms with Gasteiger partial charge in [0, 0.05) is 11.3 Å². The Morgan fingerprint density at radius 2 is 1.56 bits per heavy atom. The molecular weight excluding hydrogens is 344 g/mol. The number of esters is 1. The van der Waals surface area contributed by atoms with Gasteiger partial charge in [-0.05, 0) is 42.7 Å². The summed E-state index contributed by atoms with van der Waals surface area (Å²) in [6.45, 7) is 5.26. The van der Waals surface area contributed by atoms with Crippen molar-refractivity contribution >= 4 is 23.5 Å². The zero-order chi connectivity index (χ0) is 19.8. The number of amides is 2. The smallest absolute Gasteiger partial charge is 0.328 e. The lowest BCUT2D eigenvalue weighted by Crippen LogP contribution is -2.40. The van der Waals surface area contributed by atoms with Gasteiger partial charge in [-0.1, -0.05) is 44.2 Å². The normalized spacial score (nSPS) is 11.6. The summed E-state index contributed by atoms with van der Waals surface area (Å²) in [5, 5.41) is 5.21. The molecule has 142 valence electrons. The molecule has 2 N–H and O–H groups in total. The van der Waals surface area contributed by atoms with Gasteiger partial charge in [0.05, 0.1) is 0 Å². The average Bonchev–Trinajstić information content (AvgIpc) is 2.67. The lowest BCUT2D eigenvalue weighted by molar-refractivity contribution is -0.148. The van der Waals surface area contributed by atoms with E-state index < -0.39 is 24.5 Å². The number of rotatable bonds is 7. The van der Waals surface area contributed by atoms with Crippen LogP contribution < -0.4 is 10.6 Å². The molecule has 0 bridgehead atoms. The maximum Gasteiger partial charge on any atom is 0.328 e. The van der Waals surface area contributed by atoms with E-state index in [9.17, 15) is 14.4 Å². The third-order valence-electron chi connectivity index (χ3n) is 3.94. The van der Waals surface area contributed by atoms with Gasteiger partial charge in [-0.3, -0.25) is 9.59 Å². The zero-order valence-electron chi connectivity index (χ0n) is 15.7. The van der Waals surface area contributed by atoms with E-state index in [0.29, 0.717) is 17.2 Å². The molecule has 0 heterocycles. The minimum atomic E-state index is -0.865. The summed E-state index contributed by atoms with van der Waals surface area (Å²) < 4.78 is 4.97. The molecule has 0 fully saturated rings. The highest BCUT2D eigenvalue weighted by atomic mass is 16.5. The second kappa shape index (κ2) is 9.52. The molecule has 0 saturated carbocycles. The molecule has 2 aromatic carbocycles. The maximum atomic E-state index is 12.0. The van der Waals surface area contributed by atoms with Crippen molar-refractivity contribution in [1.82, 2.24) is 5.32 Å². The van der Waals surface area contributed by atoms with Crippen LogP contribution in [-0.2, 0) is 14.3 Å². The fourth-order valence-corrected chi connectivity index (χ4v) is 2.34. The third kappa shape index (κ3) is 6.26. The molecular formula is C21H24N2O4. The summed E-state index contributed by atoms with van der Waals surface area (Å²) in [4.78, 5) is 35.9. The van der Waals surface area contributed by atoms with E-state index in [2.05, 4.69) is 24.5 Å². The van der Waals surface area contributed by atoms with Crippen molar-refractivity contribution in [2.75, 3.05) is 11.9 Å². The first kappa shape index (κ1) is 20.2. The first-order valence-electron chi connectivity index (χ1n) is 8.79. The van der Waals surface area contributed by atoms with Crippen LogP contribution in [0.1, 0.15) is 42.6 Å². The van der Waals surface area contributed by atoms with Gasteiger partial charge in [0.25, 0.3) is 11.8 Å². The van der Waals surface area contributed by atoms with E-state index in [1.54, 1.807) is 42.5 Å². The highest BCUT2D eigenvalue weighted by molar-refractivity contribution is 5.97. The Hall–Kier alpha value is -3.15. The molecule has 0 saturated heterocycles. The van der Waals surface area contributed by atoms with E-state index in [1.807, 2.05) is 12.1 Å². The van der Waals surface area contributed by atoms with Crippen LogP contribution in [0, 0.1) is 0 Å². The Kier molecular flexibility index (Phi) is 7.11. The molecule has 0 aliphatic heterocycles. The quantitative estimate of drug-likeness (QED) is 0.736. The molecule has 6 heteroatoms. The standard InChI is InChI=1S/C21H24N2O4/c1-14(2)16-9-11-18(12-10-16)23-19(24)13-27-21(26)15(3)22-20(25)17-7-5-4-6-8-17/h4-12,14-15H,13H2,1-3H3,(H,22,25)(H,23,24)/t15-/m0/s1. The Labute approximate surface area is 158 Å². The number of nitrogens with one attached hydrogen (secondary N) is 2. The van der Waals surface area contributed by atoms with Crippen molar-refractivity contribution in [3.05, 3.63) is 65.7 Å². The summed E-state index contributed by atoms with van der Waals surface area (Å²) in [5.74, 6) is -1.09. The first-order chi connectivity index (χ1) is 12.9. The molecule has 2 amide bonds. The van der Waals surface area contributed by atoms with Gasteiger partial charge in [-0.15, -0.1) is 0 Å². The Balaban J connectivity index is 1.78. The zero-order valence-corrected chi connectivity index (χ0v) is 15.7. The second-order valence-corrected chi connectivity index (χ2v) is 6.49. The molecule has 6 nitrogen and oxygen atoms in total. The molecule has 0 aromatic heterocycles. The fourth-order valence-electron chi connectivity index (χ4n) is 2.34. The lowest BCUT2D eigenvalue weighted by atomic mass is 10.0. The number of ether oxygens (including phenoxy) is 1. The van der Waals surface area contributed by atoms with E-state index >= 15 is 0 Å². The number of carbonyl (C=O) groups excluding carboxylic acids is 3. The number of benzene rings is 2. The Bertz CT molecular complexity index is 786. The van der Waals surface area contributed by atoms with Crippen molar-refractivity contribution in [1.29, 1.82) is 0 Å². The van der Waals surface area contributed by atoms with E-state index in [4.69, 9.17) is 4.74 Å². The van der Waals surface area contributed by atoms with Crippen LogP contribution >= 0.6 is 0 Å². The molecule has 0 aliphatic carbocycles. The van der Waals surface area contributed by atoms with Gasteiger partial charge in [0.2, 0.25) is 0 Å². The first-order valence-corrected chi connectivity index (χ1v) is 8.79. The molecule has 1 atom stereocenters. The van der Waals surface area contributed by atoms with Gasteiger partial charge in [-0.25, -0.2) is 4.79 Å². The highest BCUT2D eigenvalue weighted by Gasteiger charge is 2.19. The fraction of sp³-hybridized carbons (Fsp3) is 0.286. The topological polar surface area (TPSA) is 84.5 Å². The molecule has 0 radical (unpaired) electrons. The second-order valence-electron chi connectivity index (χ2n) is 6.49. The summed E-state index contributed by atoms with van der Waals surface area (Å²) in [7, 11) is 0. The highest BCUT2D eigenvalue weighted by Crippen LogP contribution is 2.17. The Morgan fingerprint density at radius 1 is 0.926 bits per heavy atom. The van der Waals surface area contributed by atoms with Crippen LogP contribution in [0.3, 0.4) is 0 Å². The van der Waals surface area contributed by atoms with Crippen molar-refractivity contribution < 1.29 is 19.1 Å². The van der Waals surface area contributed by atoms with Gasteiger partial charge in [-0.2, -0.15) is 0 Å². The summed E-state index contributed by atoms with van der Waals surface area (Å²) in [5.41, 5.74) is 2.24. The van der Waals surface area contributed by atoms with Crippen LogP contribution in [0.25, 0.3) is 0 Å². The van der Waals surface area contributed by atoms with Crippen molar-refractivity contribution in [2.45, 2.75) is 32.7 Å². The van der Waals surface area contributed by atoms with Crippen LogP contribution in [0.4, 0.5) is 5.69 Å². The average molecular weight is 368 g/mol. The Morgan fingerprint density at radius 3 is 2.15 bits per heavy atom.